The maximum atomic E-state index is 5.97. The molecule has 0 radical (unpaired) electrons. The Bertz CT molecular complexity index is 404. The highest BCUT2D eigenvalue weighted by Crippen LogP contribution is 2.62. The van der Waals surface area contributed by atoms with Crippen LogP contribution < -0.4 is 10.6 Å². The number of nitrogens with one attached hydrogen (secondary N) is 2. The molecule has 4 nitrogen and oxygen atoms in total. The zero-order chi connectivity index (χ0) is 13.0. The van der Waals surface area contributed by atoms with Crippen LogP contribution in [0, 0.1) is 17.3 Å². The third-order valence-electron chi connectivity index (χ3n) is 5.98. The fourth-order valence-corrected chi connectivity index (χ4v) is 4.47. The number of aliphatic imine (C=N–C) groups is 1. The molecule has 1 heterocycles. The van der Waals surface area contributed by atoms with Gasteiger partial charge in [0.05, 0.1) is 6.10 Å². The van der Waals surface area contributed by atoms with Crippen LogP contribution in [0.5, 0.6) is 0 Å². The van der Waals surface area contributed by atoms with E-state index in [0.717, 1.165) is 24.4 Å². The van der Waals surface area contributed by atoms with Crippen molar-refractivity contribution >= 4 is 5.96 Å². The maximum absolute atomic E-state index is 5.97. The number of hydrogen-bond donors (Lipinski definition) is 2. The lowest BCUT2D eigenvalue weighted by molar-refractivity contribution is -0.171. The molecule has 4 heteroatoms. The molecule has 1 spiro atoms. The van der Waals surface area contributed by atoms with E-state index in [1.807, 2.05) is 7.05 Å². The Kier molecular flexibility index (Phi) is 2.60. The van der Waals surface area contributed by atoms with E-state index >= 15 is 0 Å². The summed E-state index contributed by atoms with van der Waals surface area (Å²) in [5.74, 6) is 2.53. The van der Waals surface area contributed by atoms with Crippen LogP contribution in [-0.2, 0) is 4.74 Å². The van der Waals surface area contributed by atoms with Crippen molar-refractivity contribution in [3.8, 4) is 0 Å². The van der Waals surface area contributed by atoms with Crippen molar-refractivity contribution in [2.45, 2.75) is 57.2 Å². The van der Waals surface area contributed by atoms with E-state index in [0.29, 0.717) is 23.6 Å². The second kappa shape index (κ2) is 4.11. The standard InChI is InChI=1S/C15H25N3O/c1-9-8-11(9)17-14(16-2)18-12-10-4-7-19-13(10)15(12)5-3-6-15/h9-13H,3-8H2,1-2H3,(H2,16,17,18). The Morgan fingerprint density at radius 2 is 2.11 bits per heavy atom. The van der Waals surface area contributed by atoms with Gasteiger partial charge in [-0.2, -0.15) is 0 Å². The lowest BCUT2D eigenvalue weighted by atomic mass is 9.46. The Morgan fingerprint density at radius 3 is 2.68 bits per heavy atom. The summed E-state index contributed by atoms with van der Waals surface area (Å²) in [6.45, 7) is 3.25. The van der Waals surface area contributed by atoms with E-state index in [4.69, 9.17) is 4.74 Å². The third kappa shape index (κ3) is 1.65. The fourth-order valence-electron chi connectivity index (χ4n) is 4.47. The van der Waals surface area contributed by atoms with Gasteiger partial charge in [0, 0.05) is 37.1 Å². The van der Waals surface area contributed by atoms with Crippen molar-refractivity contribution in [3.63, 3.8) is 0 Å². The zero-order valence-corrected chi connectivity index (χ0v) is 12.0. The Balaban J connectivity index is 1.43. The number of fused-ring (bicyclic) bond motifs is 2. The first kappa shape index (κ1) is 12.0. The second-order valence-corrected chi connectivity index (χ2v) is 6.99. The Morgan fingerprint density at radius 1 is 1.32 bits per heavy atom. The van der Waals surface area contributed by atoms with Gasteiger partial charge in [0.2, 0.25) is 0 Å². The molecule has 2 N–H and O–H groups in total. The molecule has 1 saturated heterocycles. The molecule has 5 atom stereocenters. The largest absolute Gasteiger partial charge is 0.377 e. The van der Waals surface area contributed by atoms with Gasteiger partial charge >= 0.3 is 0 Å². The molecule has 3 aliphatic carbocycles. The van der Waals surface area contributed by atoms with Crippen LogP contribution in [0.25, 0.3) is 0 Å². The first-order valence-corrected chi connectivity index (χ1v) is 7.86. The Hall–Kier alpha value is -0.770. The summed E-state index contributed by atoms with van der Waals surface area (Å²) in [5, 5.41) is 7.27. The summed E-state index contributed by atoms with van der Waals surface area (Å²) in [7, 11) is 1.89. The minimum atomic E-state index is 0.438. The second-order valence-electron chi connectivity index (χ2n) is 6.99. The summed E-state index contributed by atoms with van der Waals surface area (Å²) in [6.07, 6.45) is 7.09. The maximum Gasteiger partial charge on any atom is 0.191 e. The van der Waals surface area contributed by atoms with Crippen LogP contribution in [0.4, 0.5) is 0 Å². The van der Waals surface area contributed by atoms with Gasteiger partial charge in [0.1, 0.15) is 0 Å². The van der Waals surface area contributed by atoms with E-state index in [9.17, 15) is 0 Å². The number of hydrogen-bond acceptors (Lipinski definition) is 2. The third-order valence-corrected chi connectivity index (χ3v) is 5.98. The quantitative estimate of drug-likeness (QED) is 0.586. The minimum Gasteiger partial charge on any atom is -0.377 e. The first-order valence-electron chi connectivity index (χ1n) is 7.86. The normalized spacial score (nSPS) is 46.2. The molecular formula is C15H25N3O. The van der Waals surface area contributed by atoms with Crippen molar-refractivity contribution in [1.82, 2.24) is 10.6 Å². The predicted octanol–water partition coefficient (Wildman–Crippen LogP) is 1.52. The van der Waals surface area contributed by atoms with Gasteiger partial charge in [0.15, 0.2) is 5.96 Å². The zero-order valence-electron chi connectivity index (χ0n) is 12.0. The summed E-state index contributed by atoms with van der Waals surface area (Å²) < 4.78 is 5.97. The molecular weight excluding hydrogens is 238 g/mol. The van der Waals surface area contributed by atoms with Gasteiger partial charge in [-0.1, -0.05) is 13.3 Å². The van der Waals surface area contributed by atoms with Gasteiger partial charge in [0.25, 0.3) is 0 Å². The van der Waals surface area contributed by atoms with Crippen LogP contribution >= 0.6 is 0 Å². The monoisotopic (exact) mass is 263 g/mol. The van der Waals surface area contributed by atoms with Crippen LogP contribution in [-0.4, -0.2) is 37.8 Å². The molecule has 5 unspecified atom stereocenters. The SMILES string of the molecule is CN=C(NC1CC1C)NC1C2CCOC2C12CCC2. The summed E-state index contributed by atoms with van der Waals surface area (Å²) >= 11 is 0. The van der Waals surface area contributed by atoms with E-state index < -0.39 is 0 Å². The number of ether oxygens (including phenoxy) is 1. The highest BCUT2D eigenvalue weighted by Gasteiger charge is 2.66. The fraction of sp³-hybridized carbons (Fsp3) is 0.933. The summed E-state index contributed by atoms with van der Waals surface area (Å²) in [5.41, 5.74) is 0.438. The average Bonchev–Trinajstić information content (AvgIpc) is 2.85. The molecule has 19 heavy (non-hydrogen) atoms. The molecule has 1 aliphatic heterocycles. The topological polar surface area (TPSA) is 45.7 Å². The summed E-state index contributed by atoms with van der Waals surface area (Å²) in [4.78, 5) is 4.42. The van der Waals surface area contributed by atoms with Crippen molar-refractivity contribution < 1.29 is 4.74 Å². The predicted molar refractivity (Wildman–Crippen MR) is 75.1 cm³/mol. The molecule has 3 saturated carbocycles. The minimum absolute atomic E-state index is 0.438. The first-order chi connectivity index (χ1) is 9.24. The number of rotatable bonds is 2. The highest BCUT2D eigenvalue weighted by atomic mass is 16.5. The molecule has 0 amide bonds. The van der Waals surface area contributed by atoms with Crippen molar-refractivity contribution in [2.24, 2.45) is 22.2 Å². The van der Waals surface area contributed by atoms with Crippen LogP contribution in [0.2, 0.25) is 0 Å². The molecule has 4 rings (SSSR count). The van der Waals surface area contributed by atoms with Gasteiger partial charge in [-0.3, -0.25) is 4.99 Å². The Labute approximate surface area is 115 Å². The van der Waals surface area contributed by atoms with Crippen LogP contribution in [0.1, 0.15) is 39.0 Å². The van der Waals surface area contributed by atoms with Gasteiger partial charge in [-0.25, -0.2) is 0 Å². The van der Waals surface area contributed by atoms with Crippen LogP contribution in [0.15, 0.2) is 4.99 Å². The molecule has 0 aromatic rings. The van der Waals surface area contributed by atoms with E-state index in [1.54, 1.807) is 0 Å². The average molecular weight is 263 g/mol. The molecule has 4 fully saturated rings. The smallest absolute Gasteiger partial charge is 0.191 e. The lowest BCUT2D eigenvalue weighted by Gasteiger charge is -2.63. The van der Waals surface area contributed by atoms with Gasteiger partial charge < -0.3 is 15.4 Å². The van der Waals surface area contributed by atoms with E-state index in [-0.39, 0.29) is 0 Å². The molecule has 0 aromatic heterocycles. The summed E-state index contributed by atoms with van der Waals surface area (Å²) in [6, 6.07) is 1.23. The van der Waals surface area contributed by atoms with E-state index in [2.05, 4.69) is 22.5 Å². The van der Waals surface area contributed by atoms with Gasteiger partial charge in [-0.15, -0.1) is 0 Å². The van der Waals surface area contributed by atoms with E-state index in [1.165, 1.54) is 32.1 Å². The van der Waals surface area contributed by atoms with Crippen molar-refractivity contribution in [2.75, 3.05) is 13.7 Å². The number of nitrogens with zero attached hydrogens (tertiary/aromatic N) is 1. The molecule has 106 valence electrons. The number of guanidine groups is 1. The van der Waals surface area contributed by atoms with Crippen molar-refractivity contribution in [3.05, 3.63) is 0 Å². The highest BCUT2D eigenvalue weighted by molar-refractivity contribution is 5.81. The van der Waals surface area contributed by atoms with Crippen LogP contribution in [0.3, 0.4) is 0 Å². The lowest BCUT2D eigenvalue weighted by Crippen LogP contribution is -2.72. The molecule has 4 aliphatic rings. The molecule has 0 aromatic carbocycles. The molecule has 0 bridgehead atoms. The van der Waals surface area contributed by atoms with Crippen molar-refractivity contribution in [1.29, 1.82) is 0 Å². The van der Waals surface area contributed by atoms with Gasteiger partial charge in [-0.05, 0) is 31.6 Å².